The van der Waals surface area contributed by atoms with Gasteiger partial charge in [-0.2, -0.15) is 0 Å². The fourth-order valence-corrected chi connectivity index (χ4v) is 4.33. The molecule has 0 aliphatic carbocycles. The van der Waals surface area contributed by atoms with Crippen LogP contribution in [0.2, 0.25) is 0 Å². The number of para-hydroxylation sites is 3. The predicted molar refractivity (Wildman–Crippen MR) is 144 cm³/mol. The van der Waals surface area contributed by atoms with E-state index < -0.39 is 0 Å². The smallest absolute Gasteiger partial charge is 0.224 e. The largest absolute Gasteiger partial charge is 0.497 e. The molecular formula is C30H35N3O3. The van der Waals surface area contributed by atoms with E-state index in [-0.39, 0.29) is 5.91 Å². The van der Waals surface area contributed by atoms with Gasteiger partial charge in [0.25, 0.3) is 0 Å². The van der Waals surface area contributed by atoms with Crippen LogP contribution in [-0.4, -0.2) is 35.7 Å². The van der Waals surface area contributed by atoms with Gasteiger partial charge >= 0.3 is 0 Å². The van der Waals surface area contributed by atoms with Crippen LogP contribution in [0, 0.1) is 6.92 Å². The van der Waals surface area contributed by atoms with Crippen LogP contribution < -0.4 is 14.8 Å². The zero-order valence-electron chi connectivity index (χ0n) is 21.2. The second kappa shape index (κ2) is 12.8. The van der Waals surface area contributed by atoms with Crippen LogP contribution in [-0.2, 0) is 24.2 Å². The number of nitrogens with one attached hydrogen (secondary N) is 1. The van der Waals surface area contributed by atoms with Crippen molar-refractivity contribution in [3.63, 3.8) is 0 Å². The number of aryl methyl sites for hydroxylation is 2. The standard InChI is InChI=1S/C30H35N3O3/c1-23-10-5-8-13-28(23)36-21-20-33-27-12-7-6-11-26(27)32-29(33)14-4-3-9-19-31-30(34)22-24-15-17-25(35-2)18-16-24/h5-8,10-13,15-18H,3-4,9,14,19-22H2,1-2H3,(H,31,34). The number of hydrogen-bond donors (Lipinski definition) is 1. The highest BCUT2D eigenvalue weighted by Gasteiger charge is 2.11. The fourth-order valence-electron chi connectivity index (χ4n) is 4.33. The monoisotopic (exact) mass is 485 g/mol. The Morgan fingerprint density at radius 1 is 0.944 bits per heavy atom. The Morgan fingerprint density at radius 3 is 2.53 bits per heavy atom. The first-order chi connectivity index (χ1) is 17.6. The summed E-state index contributed by atoms with van der Waals surface area (Å²) < 4.78 is 13.5. The lowest BCUT2D eigenvalue weighted by Gasteiger charge is -2.12. The summed E-state index contributed by atoms with van der Waals surface area (Å²) in [6.07, 6.45) is 4.30. The van der Waals surface area contributed by atoms with E-state index in [1.165, 1.54) is 0 Å². The van der Waals surface area contributed by atoms with Gasteiger partial charge in [0.05, 0.1) is 31.1 Å². The first kappa shape index (κ1) is 25.3. The van der Waals surface area contributed by atoms with E-state index >= 15 is 0 Å². The van der Waals surface area contributed by atoms with E-state index in [0.717, 1.165) is 71.7 Å². The minimum absolute atomic E-state index is 0.0515. The number of amides is 1. The van der Waals surface area contributed by atoms with Crippen molar-refractivity contribution < 1.29 is 14.3 Å². The highest BCUT2D eigenvalue weighted by atomic mass is 16.5. The Bertz CT molecular complexity index is 1260. The van der Waals surface area contributed by atoms with Gasteiger partial charge in [0.2, 0.25) is 5.91 Å². The third kappa shape index (κ3) is 6.87. The molecule has 1 heterocycles. The molecule has 0 spiro atoms. The van der Waals surface area contributed by atoms with Crippen LogP contribution in [0.5, 0.6) is 11.5 Å². The molecule has 4 aromatic rings. The average molecular weight is 486 g/mol. The number of nitrogens with zero attached hydrogens (tertiary/aromatic N) is 2. The van der Waals surface area contributed by atoms with Gasteiger partial charge < -0.3 is 19.4 Å². The molecule has 6 heteroatoms. The van der Waals surface area contributed by atoms with Gasteiger partial charge in [-0.1, -0.05) is 48.9 Å². The van der Waals surface area contributed by atoms with E-state index in [2.05, 4.69) is 41.1 Å². The number of unbranched alkanes of at least 4 members (excludes halogenated alkanes) is 2. The lowest BCUT2D eigenvalue weighted by atomic mass is 10.1. The Morgan fingerprint density at radius 2 is 1.72 bits per heavy atom. The minimum Gasteiger partial charge on any atom is -0.497 e. The summed E-state index contributed by atoms with van der Waals surface area (Å²) >= 11 is 0. The van der Waals surface area contributed by atoms with Gasteiger partial charge in [-0.25, -0.2) is 4.98 Å². The van der Waals surface area contributed by atoms with Gasteiger partial charge in [0.1, 0.15) is 23.9 Å². The molecule has 4 rings (SSSR count). The maximum Gasteiger partial charge on any atom is 0.224 e. The van der Waals surface area contributed by atoms with Crippen molar-refractivity contribution in [1.82, 2.24) is 14.9 Å². The number of fused-ring (bicyclic) bond motifs is 1. The van der Waals surface area contributed by atoms with Gasteiger partial charge in [-0.3, -0.25) is 4.79 Å². The molecule has 0 saturated heterocycles. The normalized spacial score (nSPS) is 10.9. The summed E-state index contributed by atoms with van der Waals surface area (Å²) in [5.74, 6) is 2.87. The summed E-state index contributed by atoms with van der Waals surface area (Å²) in [5.41, 5.74) is 4.30. The van der Waals surface area contributed by atoms with E-state index in [9.17, 15) is 4.79 Å². The van der Waals surface area contributed by atoms with Crippen molar-refractivity contribution in [2.75, 3.05) is 20.3 Å². The Labute approximate surface area is 213 Å². The van der Waals surface area contributed by atoms with Crippen molar-refractivity contribution in [2.24, 2.45) is 0 Å². The molecule has 0 bridgehead atoms. The lowest BCUT2D eigenvalue weighted by Crippen LogP contribution is -2.26. The van der Waals surface area contributed by atoms with E-state index in [0.29, 0.717) is 19.6 Å². The minimum atomic E-state index is 0.0515. The van der Waals surface area contributed by atoms with Crippen molar-refractivity contribution >= 4 is 16.9 Å². The topological polar surface area (TPSA) is 65.4 Å². The van der Waals surface area contributed by atoms with Crippen LogP contribution in [0.4, 0.5) is 0 Å². The van der Waals surface area contributed by atoms with Gasteiger partial charge in [0, 0.05) is 13.0 Å². The van der Waals surface area contributed by atoms with Gasteiger partial charge in [0.15, 0.2) is 0 Å². The second-order valence-electron chi connectivity index (χ2n) is 8.97. The highest BCUT2D eigenvalue weighted by Crippen LogP contribution is 2.20. The third-order valence-electron chi connectivity index (χ3n) is 6.32. The quantitative estimate of drug-likeness (QED) is 0.254. The maximum absolute atomic E-state index is 12.2. The van der Waals surface area contributed by atoms with Crippen LogP contribution in [0.25, 0.3) is 11.0 Å². The number of methoxy groups -OCH3 is 1. The van der Waals surface area contributed by atoms with E-state index in [4.69, 9.17) is 14.5 Å². The molecule has 6 nitrogen and oxygen atoms in total. The number of hydrogen-bond acceptors (Lipinski definition) is 4. The van der Waals surface area contributed by atoms with E-state index in [1.54, 1.807) is 7.11 Å². The van der Waals surface area contributed by atoms with Crippen LogP contribution in [0.1, 0.15) is 36.2 Å². The van der Waals surface area contributed by atoms with Gasteiger partial charge in [-0.15, -0.1) is 0 Å². The first-order valence-electron chi connectivity index (χ1n) is 12.7. The van der Waals surface area contributed by atoms with Crippen LogP contribution in [0.3, 0.4) is 0 Å². The molecule has 0 saturated carbocycles. The number of carbonyl (C=O) groups is 1. The molecule has 0 fully saturated rings. The molecule has 0 atom stereocenters. The summed E-state index contributed by atoms with van der Waals surface area (Å²) in [6, 6.07) is 24.0. The number of rotatable bonds is 13. The molecule has 0 unspecified atom stereocenters. The number of aromatic nitrogens is 2. The molecule has 188 valence electrons. The van der Waals surface area contributed by atoms with Gasteiger partial charge in [-0.05, 0) is 61.2 Å². The number of imidazole rings is 1. The van der Waals surface area contributed by atoms with Crippen molar-refractivity contribution in [3.8, 4) is 11.5 Å². The predicted octanol–water partition coefficient (Wildman–Crippen LogP) is 5.50. The van der Waals surface area contributed by atoms with Crippen LogP contribution in [0.15, 0.2) is 72.8 Å². The second-order valence-corrected chi connectivity index (χ2v) is 8.97. The Balaban J connectivity index is 1.22. The lowest BCUT2D eigenvalue weighted by molar-refractivity contribution is -0.120. The SMILES string of the molecule is COc1ccc(CC(=O)NCCCCCc2nc3ccccc3n2CCOc2ccccc2C)cc1. The summed E-state index contributed by atoms with van der Waals surface area (Å²) in [5, 5.41) is 3.03. The Kier molecular flexibility index (Phi) is 8.98. The number of ether oxygens (including phenoxy) is 2. The fraction of sp³-hybridized carbons (Fsp3) is 0.333. The average Bonchev–Trinajstić information content (AvgIpc) is 3.25. The number of benzene rings is 3. The number of carbonyl (C=O) groups excluding carboxylic acids is 1. The zero-order chi connectivity index (χ0) is 25.2. The molecule has 1 aromatic heterocycles. The maximum atomic E-state index is 12.2. The molecule has 36 heavy (non-hydrogen) atoms. The first-order valence-corrected chi connectivity index (χ1v) is 12.7. The molecule has 0 radical (unpaired) electrons. The molecule has 1 N–H and O–H groups in total. The van der Waals surface area contributed by atoms with Crippen molar-refractivity contribution in [1.29, 1.82) is 0 Å². The molecule has 0 aliphatic rings. The summed E-state index contributed by atoms with van der Waals surface area (Å²) in [7, 11) is 1.64. The molecule has 3 aromatic carbocycles. The van der Waals surface area contributed by atoms with Crippen LogP contribution >= 0.6 is 0 Å². The molecular weight excluding hydrogens is 450 g/mol. The Hall–Kier alpha value is -3.80. The summed E-state index contributed by atoms with van der Waals surface area (Å²) in [6.45, 7) is 4.11. The van der Waals surface area contributed by atoms with Crippen molar-refractivity contribution in [2.45, 2.75) is 45.6 Å². The molecule has 1 amide bonds. The van der Waals surface area contributed by atoms with Crippen molar-refractivity contribution in [3.05, 3.63) is 89.7 Å². The molecule has 0 aliphatic heterocycles. The summed E-state index contributed by atoms with van der Waals surface area (Å²) in [4.78, 5) is 17.1. The zero-order valence-corrected chi connectivity index (χ0v) is 21.2. The van der Waals surface area contributed by atoms with E-state index in [1.807, 2.05) is 48.5 Å². The third-order valence-corrected chi connectivity index (χ3v) is 6.32. The highest BCUT2D eigenvalue weighted by molar-refractivity contribution is 5.78.